The summed E-state index contributed by atoms with van der Waals surface area (Å²) in [6, 6.07) is 4.19. The van der Waals surface area contributed by atoms with Crippen molar-refractivity contribution >= 4 is 0 Å². The van der Waals surface area contributed by atoms with Crippen LogP contribution in [0, 0.1) is 0 Å². The van der Waals surface area contributed by atoms with Crippen molar-refractivity contribution in [3.05, 3.63) is 42.5 Å². The molecule has 0 aromatic carbocycles. The van der Waals surface area contributed by atoms with Gasteiger partial charge in [-0.05, 0) is 37.9 Å². The largest absolute Gasteiger partial charge is 0.461 e. The molecule has 1 aliphatic heterocycles. The van der Waals surface area contributed by atoms with Gasteiger partial charge in [0.2, 0.25) is 11.7 Å². The van der Waals surface area contributed by atoms with Crippen molar-refractivity contribution in [3.8, 4) is 11.6 Å². The zero-order valence-corrected chi connectivity index (χ0v) is 14.5. The molecule has 0 saturated carbocycles. The molecule has 0 amide bonds. The fourth-order valence-corrected chi connectivity index (χ4v) is 3.53. The standard InChI is InChI=1S/C18H23N5O2/c1-22-11-9-19-16(22)8-7-14-5-2-3-10-23(14)13-17-20-18(21-25-17)15-6-4-12-24-15/h4,6,9,11-12,14H,2-3,5,7-8,10,13H2,1H3/t14-/m1/s1. The second kappa shape index (κ2) is 7.23. The molecular formula is C18H23N5O2. The van der Waals surface area contributed by atoms with Crippen LogP contribution in [-0.4, -0.2) is 37.2 Å². The molecule has 4 heterocycles. The first kappa shape index (κ1) is 16.1. The molecule has 25 heavy (non-hydrogen) atoms. The van der Waals surface area contributed by atoms with Crippen LogP contribution in [0.5, 0.6) is 0 Å². The molecule has 1 fully saturated rings. The summed E-state index contributed by atoms with van der Waals surface area (Å²) in [6.07, 6.45) is 11.3. The van der Waals surface area contributed by atoms with Gasteiger partial charge in [-0.2, -0.15) is 4.98 Å². The number of likely N-dealkylation sites (tertiary alicyclic amines) is 1. The van der Waals surface area contributed by atoms with Gasteiger partial charge in [0.1, 0.15) is 5.82 Å². The van der Waals surface area contributed by atoms with E-state index in [2.05, 4.69) is 31.6 Å². The van der Waals surface area contributed by atoms with Crippen LogP contribution < -0.4 is 0 Å². The Hall–Kier alpha value is -2.41. The van der Waals surface area contributed by atoms with E-state index in [1.54, 1.807) is 6.26 Å². The summed E-state index contributed by atoms with van der Waals surface area (Å²) >= 11 is 0. The van der Waals surface area contributed by atoms with Crippen molar-refractivity contribution in [1.82, 2.24) is 24.6 Å². The third kappa shape index (κ3) is 3.66. The number of hydrogen-bond donors (Lipinski definition) is 0. The molecular weight excluding hydrogens is 318 g/mol. The number of piperidine rings is 1. The third-order valence-electron chi connectivity index (χ3n) is 4.92. The zero-order valence-electron chi connectivity index (χ0n) is 14.5. The molecule has 7 heteroatoms. The highest BCUT2D eigenvalue weighted by molar-refractivity contribution is 5.44. The Bertz CT molecular complexity index is 792. The summed E-state index contributed by atoms with van der Waals surface area (Å²) in [5, 5.41) is 4.03. The number of hydrogen-bond acceptors (Lipinski definition) is 6. The second-order valence-corrected chi connectivity index (χ2v) is 6.60. The molecule has 3 aromatic rings. The molecule has 0 N–H and O–H groups in total. The predicted molar refractivity (Wildman–Crippen MR) is 91.6 cm³/mol. The van der Waals surface area contributed by atoms with Gasteiger partial charge in [-0.15, -0.1) is 0 Å². The van der Waals surface area contributed by atoms with E-state index in [1.807, 2.05) is 24.5 Å². The minimum Gasteiger partial charge on any atom is -0.461 e. The number of aryl methyl sites for hydroxylation is 2. The Kier molecular flexibility index (Phi) is 4.65. The molecule has 4 rings (SSSR count). The van der Waals surface area contributed by atoms with Crippen LogP contribution in [0.3, 0.4) is 0 Å². The van der Waals surface area contributed by atoms with E-state index < -0.39 is 0 Å². The van der Waals surface area contributed by atoms with Gasteiger partial charge >= 0.3 is 0 Å². The van der Waals surface area contributed by atoms with E-state index in [0.717, 1.165) is 25.2 Å². The van der Waals surface area contributed by atoms with Crippen molar-refractivity contribution in [2.24, 2.45) is 7.05 Å². The highest BCUT2D eigenvalue weighted by atomic mass is 16.5. The number of rotatable bonds is 6. The van der Waals surface area contributed by atoms with Gasteiger partial charge in [0.15, 0.2) is 5.76 Å². The van der Waals surface area contributed by atoms with Gasteiger partial charge < -0.3 is 13.5 Å². The summed E-state index contributed by atoms with van der Waals surface area (Å²) in [5.74, 6) is 2.94. The first-order valence-corrected chi connectivity index (χ1v) is 8.86. The Labute approximate surface area is 146 Å². The maximum absolute atomic E-state index is 5.43. The van der Waals surface area contributed by atoms with Crippen LogP contribution in [0.15, 0.2) is 39.7 Å². The zero-order chi connectivity index (χ0) is 17.1. The van der Waals surface area contributed by atoms with Crippen molar-refractivity contribution < 1.29 is 8.94 Å². The van der Waals surface area contributed by atoms with E-state index >= 15 is 0 Å². The second-order valence-electron chi connectivity index (χ2n) is 6.60. The number of nitrogens with zero attached hydrogens (tertiary/aromatic N) is 5. The molecule has 3 aromatic heterocycles. The van der Waals surface area contributed by atoms with Crippen LogP contribution in [0.25, 0.3) is 11.6 Å². The molecule has 132 valence electrons. The van der Waals surface area contributed by atoms with Gasteiger partial charge in [-0.25, -0.2) is 4.98 Å². The van der Waals surface area contributed by atoms with E-state index in [0.29, 0.717) is 30.1 Å². The van der Waals surface area contributed by atoms with Crippen LogP contribution in [-0.2, 0) is 20.0 Å². The van der Waals surface area contributed by atoms with E-state index in [9.17, 15) is 0 Å². The lowest BCUT2D eigenvalue weighted by Gasteiger charge is -2.34. The first-order chi connectivity index (χ1) is 12.3. The molecule has 1 aliphatic rings. The molecule has 0 radical (unpaired) electrons. The summed E-state index contributed by atoms with van der Waals surface area (Å²) in [6.45, 7) is 1.77. The summed E-state index contributed by atoms with van der Waals surface area (Å²) in [7, 11) is 2.05. The number of imidazole rings is 1. The Balaban J connectivity index is 1.40. The topological polar surface area (TPSA) is 73.1 Å². The molecule has 0 unspecified atom stereocenters. The van der Waals surface area contributed by atoms with Crippen molar-refractivity contribution in [2.45, 2.75) is 44.7 Å². The van der Waals surface area contributed by atoms with Gasteiger partial charge in [-0.1, -0.05) is 11.6 Å². The van der Waals surface area contributed by atoms with E-state index in [1.165, 1.54) is 19.3 Å². The smallest absolute Gasteiger partial charge is 0.241 e. The fourth-order valence-electron chi connectivity index (χ4n) is 3.53. The Morgan fingerprint density at radius 3 is 3.08 bits per heavy atom. The molecule has 0 bridgehead atoms. The van der Waals surface area contributed by atoms with Gasteiger partial charge in [0.05, 0.1) is 12.8 Å². The summed E-state index contributed by atoms with van der Waals surface area (Å²) < 4.78 is 12.9. The minimum atomic E-state index is 0.515. The monoisotopic (exact) mass is 341 g/mol. The highest BCUT2D eigenvalue weighted by Gasteiger charge is 2.25. The van der Waals surface area contributed by atoms with Crippen LogP contribution in [0.2, 0.25) is 0 Å². The minimum absolute atomic E-state index is 0.515. The molecule has 0 aliphatic carbocycles. The van der Waals surface area contributed by atoms with Crippen molar-refractivity contribution in [1.29, 1.82) is 0 Å². The van der Waals surface area contributed by atoms with Crippen molar-refractivity contribution in [2.75, 3.05) is 6.54 Å². The summed E-state index contributed by atoms with van der Waals surface area (Å²) in [4.78, 5) is 11.4. The SMILES string of the molecule is Cn1ccnc1CC[C@H]1CCCCN1Cc1nc(-c2ccco2)no1. The quantitative estimate of drug-likeness (QED) is 0.686. The van der Waals surface area contributed by atoms with E-state index in [-0.39, 0.29) is 0 Å². The molecule has 0 spiro atoms. The number of aromatic nitrogens is 4. The molecule has 1 saturated heterocycles. The van der Waals surface area contributed by atoms with E-state index in [4.69, 9.17) is 8.94 Å². The van der Waals surface area contributed by atoms with Gasteiger partial charge in [0.25, 0.3) is 0 Å². The number of furan rings is 1. The Morgan fingerprint density at radius 2 is 2.28 bits per heavy atom. The van der Waals surface area contributed by atoms with Gasteiger partial charge in [-0.3, -0.25) is 4.90 Å². The predicted octanol–water partition coefficient (Wildman–Crippen LogP) is 3.05. The lowest BCUT2D eigenvalue weighted by molar-refractivity contribution is 0.116. The fraction of sp³-hybridized carbons (Fsp3) is 0.500. The van der Waals surface area contributed by atoms with Crippen LogP contribution >= 0.6 is 0 Å². The Morgan fingerprint density at radius 1 is 1.32 bits per heavy atom. The highest BCUT2D eigenvalue weighted by Crippen LogP contribution is 2.24. The molecule has 7 nitrogen and oxygen atoms in total. The normalized spacial score (nSPS) is 18.7. The average Bonchev–Trinajstić information content (AvgIpc) is 3.36. The third-order valence-corrected chi connectivity index (χ3v) is 4.92. The first-order valence-electron chi connectivity index (χ1n) is 8.86. The summed E-state index contributed by atoms with van der Waals surface area (Å²) in [5.41, 5.74) is 0. The molecule has 1 atom stereocenters. The van der Waals surface area contributed by atoms with Crippen LogP contribution in [0.1, 0.15) is 37.4 Å². The maximum atomic E-state index is 5.43. The lowest BCUT2D eigenvalue weighted by Crippen LogP contribution is -2.39. The van der Waals surface area contributed by atoms with Crippen LogP contribution in [0.4, 0.5) is 0 Å². The average molecular weight is 341 g/mol. The maximum Gasteiger partial charge on any atom is 0.241 e. The van der Waals surface area contributed by atoms with Gasteiger partial charge in [0, 0.05) is 31.9 Å². The van der Waals surface area contributed by atoms with Crippen molar-refractivity contribution in [3.63, 3.8) is 0 Å². The lowest BCUT2D eigenvalue weighted by atomic mass is 9.98.